The zero-order valence-corrected chi connectivity index (χ0v) is 16.6. The van der Waals surface area contributed by atoms with Crippen LogP contribution in [0.5, 0.6) is 0 Å². The van der Waals surface area contributed by atoms with Crippen LogP contribution in [-0.2, 0) is 28.4 Å². The molecule has 27 heavy (non-hydrogen) atoms. The van der Waals surface area contributed by atoms with E-state index in [2.05, 4.69) is 46.4 Å². The van der Waals surface area contributed by atoms with Gasteiger partial charge < -0.3 is 10.1 Å². The molecule has 1 aromatic heterocycles. The zero-order valence-electron chi connectivity index (χ0n) is 15.8. The van der Waals surface area contributed by atoms with Crippen molar-refractivity contribution in [2.45, 2.75) is 31.9 Å². The van der Waals surface area contributed by atoms with Gasteiger partial charge in [-0.2, -0.15) is 0 Å². The molecule has 2 heterocycles. The van der Waals surface area contributed by atoms with Crippen molar-refractivity contribution in [3.05, 3.63) is 65.5 Å². The summed E-state index contributed by atoms with van der Waals surface area (Å²) in [6.45, 7) is 6.34. The van der Waals surface area contributed by atoms with Gasteiger partial charge in [0.1, 0.15) is 0 Å². The van der Waals surface area contributed by atoms with Gasteiger partial charge in [0, 0.05) is 38.1 Å². The van der Waals surface area contributed by atoms with E-state index in [-0.39, 0.29) is 5.91 Å². The summed E-state index contributed by atoms with van der Waals surface area (Å²) in [5.74, 6) is 1.26. The summed E-state index contributed by atoms with van der Waals surface area (Å²) >= 11 is 1.58. The quantitative estimate of drug-likeness (QED) is 0.757. The number of carbonyl (C=O) groups excluding carboxylic acids is 1. The molecule has 1 amide bonds. The van der Waals surface area contributed by atoms with Crippen LogP contribution in [0.4, 0.5) is 0 Å². The van der Waals surface area contributed by atoms with E-state index in [0.29, 0.717) is 18.4 Å². The SMILES string of the molecule is CC1CN(Cc2cccc(CNC(=O)CSCc3ccccn3)c2)CCO1. The normalized spacial score (nSPS) is 17.6. The Morgan fingerprint density at radius 3 is 3.00 bits per heavy atom. The molecule has 1 fully saturated rings. The van der Waals surface area contributed by atoms with Crippen molar-refractivity contribution < 1.29 is 9.53 Å². The molecule has 1 aliphatic rings. The van der Waals surface area contributed by atoms with E-state index in [4.69, 9.17) is 4.74 Å². The van der Waals surface area contributed by atoms with Crippen LogP contribution in [0.3, 0.4) is 0 Å². The molecular weight excluding hydrogens is 358 g/mol. The highest BCUT2D eigenvalue weighted by Gasteiger charge is 2.16. The minimum absolute atomic E-state index is 0.0586. The largest absolute Gasteiger partial charge is 0.376 e. The van der Waals surface area contributed by atoms with E-state index in [9.17, 15) is 4.79 Å². The van der Waals surface area contributed by atoms with Gasteiger partial charge in [-0.1, -0.05) is 30.3 Å². The monoisotopic (exact) mass is 385 g/mol. The second-order valence-electron chi connectivity index (χ2n) is 6.83. The second kappa shape index (κ2) is 10.4. The van der Waals surface area contributed by atoms with Gasteiger partial charge in [0.05, 0.1) is 24.2 Å². The predicted octanol–water partition coefficient (Wildman–Crippen LogP) is 2.85. The Morgan fingerprint density at radius 1 is 1.30 bits per heavy atom. The molecule has 0 aliphatic carbocycles. The van der Waals surface area contributed by atoms with E-state index in [0.717, 1.165) is 43.3 Å². The van der Waals surface area contributed by atoms with E-state index >= 15 is 0 Å². The van der Waals surface area contributed by atoms with Gasteiger partial charge in [0.15, 0.2) is 0 Å². The van der Waals surface area contributed by atoms with Gasteiger partial charge in [0.25, 0.3) is 0 Å². The van der Waals surface area contributed by atoms with Crippen LogP contribution in [0.25, 0.3) is 0 Å². The van der Waals surface area contributed by atoms with E-state index in [1.165, 1.54) is 5.56 Å². The molecule has 5 nitrogen and oxygen atoms in total. The molecule has 1 unspecified atom stereocenters. The Balaban J connectivity index is 1.40. The number of carbonyl (C=O) groups is 1. The molecule has 2 aromatic rings. The highest BCUT2D eigenvalue weighted by atomic mass is 32.2. The van der Waals surface area contributed by atoms with Crippen LogP contribution in [0, 0.1) is 0 Å². The number of aromatic nitrogens is 1. The summed E-state index contributed by atoms with van der Waals surface area (Å²) in [4.78, 5) is 18.8. The predicted molar refractivity (Wildman–Crippen MR) is 109 cm³/mol. The summed E-state index contributed by atoms with van der Waals surface area (Å²) in [7, 11) is 0. The number of ether oxygens (including phenoxy) is 1. The molecule has 0 saturated carbocycles. The van der Waals surface area contributed by atoms with Crippen molar-refractivity contribution in [3.8, 4) is 0 Å². The maximum absolute atomic E-state index is 12.1. The lowest BCUT2D eigenvalue weighted by molar-refractivity contribution is -0.118. The van der Waals surface area contributed by atoms with Crippen molar-refractivity contribution in [1.29, 1.82) is 0 Å². The lowest BCUT2D eigenvalue weighted by atomic mass is 10.1. The molecule has 3 rings (SSSR count). The van der Waals surface area contributed by atoms with Crippen LogP contribution in [0.2, 0.25) is 0 Å². The van der Waals surface area contributed by atoms with Crippen molar-refractivity contribution in [1.82, 2.24) is 15.2 Å². The van der Waals surface area contributed by atoms with Crippen LogP contribution in [0.15, 0.2) is 48.7 Å². The lowest BCUT2D eigenvalue weighted by Crippen LogP contribution is -2.40. The topological polar surface area (TPSA) is 54.5 Å². The van der Waals surface area contributed by atoms with Crippen molar-refractivity contribution in [2.75, 3.05) is 25.4 Å². The molecule has 1 N–H and O–H groups in total. The maximum Gasteiger partial charge on any atom is 0.230 e. The first-order valence-corrected chi connectivity index (χ1v) is 10.5. The zero-order chi connectivity index (χ0) is 18.9. The second-order valence-corrected chi connectivity index (χ2v) is 7.81. The molecule has 144 valence electrons. The number of amides is 1. The third kappa shape index (κ3) is 6.97. The number of pyridine rings is 1. The van der Waals surface area contributed by atoms with Gasteiger partial charge in [-0.25, -0.2) is 0 Å². The van der Waals surface area contributed by atoms with E-state index in [1.807, 2.05) is 18.2 Å². The average Bonchev–Trinajstić information content (AvgIpc) is 2.68. The van der Waals surface area contributed by atoms with E-state index < -0.39 is 0 Å². The Kier molecular flexibility index (Phi) is 7.68. The molecule has 0 spiro atoms. The smallest absolute Gasteiger partial charge is 0.230 e. The van der Waals surface area contributed by atoms with Crippen LogP contribution >= 0.6 is 11.8 Å². The number of rotatable bonds is 8. The highest BCUT2D eigenvalue weighted by molar-refractivity contribution is 7.99. The Bertz CT molecular complexity index is 726. The van der Waals surface area contributed by atoms with Gasteiger partial charge in [-0.15, -0.1) is 11.8 Å². The highest BCUT2D eigenvalue weighted by Crippen LogP contribution is 2.13. The lowest BCUT2D eigenvalue weighted by Gasteiger charge is -2.31. The van der Waals surface area contributed by atoms with Crippen molar-refractivity contribution >= 4 is 17.7 Å². The van der Waals surface area contributed by atoms with Crippen LogP contribution in [-0.4, -0.2) is 47.3 Å². The first kappa shape index (κ1) is 19.9. The number of benzene rings is 1. The van der Waals surface area contributed by atoms with Gasteiger partial charge >= 0.3 is 0 Å². The fraction of sp³-hybridized carbons (Fsp3) is 0.429. The number of morpholine rings is 1. The Labute approximate surface area is 165 Å². The number of nitrogens with one attached hydrogen (secondary N) is 1. The molecule has 6 heteroatoms. The van der Waals surface area contributed by atoms with E-state index in [1.54, 1.807) is 18.0 Å². The number of hydrogen-bond acceptors (Lipinski definition) is 5. The van der Waals surface area contributed by atoms with Gasteiger partial charge in [0.2, 0.25) is 5.91 Å². The van der Waals surface area contributed by atoms with Gasteiger partial charge in [-0.05, 0) is 30.2 Å². The summed E-state index contributed by atoms with van der Waals surface area (Å²) in [5.41, 5.74) is 3.41. The van der Waals surface area contributed by atoms with Crippen LogP contribution < -0.4 is 5.32 Å². The standard InChI is InChI=1S/C21H27N3O2S/c1-17-13-24(9-10-26-17)14-19-6-4-5-18(11-19)12-23-21(25)16-27-15-20-7-2-3-8-22-20/h2-8,11,17H,9-10,12-16H2,1H3,(H,23,25). The van der Waals surface area contributed by atoms with Crippen molar-refractivity contribution in [3.63, 3.8) is 0 Å². The molecule has 1 aliphatic heterocycles. The molecular formula is C21H27N3O2S. The van der Waals surface area contributed by atoms with Crippen molar-refractivity contribution in [2.24, 2.45) is 0 Å². The Morgan fingerprint density at radius 2 is 2.19 bits per heavy atom. The minimum Gasteiger partial charge on any atom is -0.376 e. The average molecular weight is 386 g/mol. The summed E-state index contributed by atoms with van der Waals surface area (Å²) in [6.07, 6.45) is 2.07. The van der Waals surface area contributed by atoms with Gasteiger partial charge in [-0.3, -0.25) is 14.7 Å². The fourth-order valence-corrected chi connectivity index (χ4v) is 3.88. The fourth-order valence-electron chi connectivity index (χ4n) is 3.11. The molecule has 1 saturated heterocycles. The summed E-state index contributed by atoms with van der Waals surface area (Å²) in [6, 6.07) is 14.3. The molecule has 0 radical (unpaired) electrons. The Hall–Kier alpha value is -1.89. The molecule has 1 atom stereocenters. The number of hydrogen-bond donors (Lipinski definition) is 1. The summed E-state index contributed by atoms with van der Waals surface area (Å²) < 4.78 is 5.60. The third-order valence-corrected chi connectivity index (χ3v) is 5.39. The third-order valence-electron chi connectivity index (χ3n) is 4.42. The number of nitrogens with zero attached hydrogens (tertiary/aromatic N) is 2. The first-order valence-electron chi connectivity index (χ1n) is 9.35. The number of thioether (sulfide) groups is 1. The maximum atomic E-state index is 12.1. The molecule has 1 aromatic carbocycles. The first-order chi connectivity index (χ1) is 13.2. The minimum atomic E-state index is 0.0586. The molecule has 0 bridgehead atoms. The summed E-state index contributed by atoms with van der Waals surface area (Å²) in [5, 5.41) is 3.01. The van der Waals surface area contributed by atoms with Crippen LogP contribution in [0.1, 0.15) is 23.7 Å².